The van der Waals surface area contributed by atoms with Crippen molar-refractivity contribution in [3.63, 3.8) is 0 Å². The number of hydrogen-bond donors (Lipinski definition) is 2. The molecule has 3 N–H and O–H groups in total. The topological polar surface area (TPSA) is 38.0 Å². The van der Waals surface area contributed by atoms with E-state index in [-0.39, 0.29) is 12.5 Å². The average molecular weight is 274 g/mol. The van der Waals surface area contributed by atoms with Gasteiger partial charge in [0.2, 0.25) is 0 Å². The Morgan fingerprint density at radius 2 is 1.68 bits per heavy atom. The molecule has 0 aliphatic heterocycles. The number of nitrogens with one attached hydrogen (secondary N) is 1. The first-order valence-electron chi connectivity index (χ1n) is 6.32. The van der Waals surface area contributed by atoms with Crippen LogP contribution >= 0.6 is 0 Å². The zero-order valence-electron chi connectivity index (χ0n) is 11.6. The van der Waals surface area contributed by atoms with Gasteiger partial charge in [-0.05, 0) is 50.3 Å². The molecule has 0 saturated heterocycles. The normalized spacial score (nSPS) is 13.6. The molecule has 5 heteroatoms. The van der Waals surface area contributed by atoms with E-state index in [1.165, 1.54) is 0 Å². The third-order valence-electron chi connectivity index (χ3n) is 3.30. The molecule has 2 nitrogen and oxygen atoms in total. The van der Waals surface area contributed by atoms with Crippen molar-refractivity contribution in [3.8, 4) is 0 Å². The van der Waals surface area contributed by atoms with Crippen LogP contribution < -0.4 is 11.3 Å². The Morgan fingerprint density at radius 1 is 1.16 bits per heavy atom. The zero-order chi connectivity index (χ0) is 14.6. The summed E-state index contributed by atoms with van der Waals surface area (Å²) < 4.78 is 36.7. The predicted molar refractivity (Wildman–Crippen MR) is 70.8 cm³/mol. The fourth-order valence-electron chi connectivity index (χ4n) is 2.36. The van der Waals surface area contributed by atoms with Crippen molar-refractivity contribution < 1.29 is 13.2 Å². The molecule has 1 unspecified atom stereocenters. The third-order valence-corrected chi connectivity index (χ3v) is 3.30. The Hall–Kier alpha value is -1.07. The van der Waals surface area contributed by atoms with Crippen LogP contribution in [0.25, 0.3) is 0 Å². The van der Waals surface area contributed by atoms with Crippen molar-refractivity contribution in [1.82, 2.24) is 5.43 Å². The molecule has 0 aromatic heterocycles. The highest BCUT2D eigenvalue weighted by Gasteiger charge is 2.28. The molecule has 0 heterocycles. The van der Waals surface area contributed by atoms with Gasteiger partial charge in [0.1, 0.15) is 0 Å². The first kappa shape index (κ1) is 16.0. The van der Waals surface area contributed by atoms with Gasteiger partial charge >= 0.3 is 6.18 Å². The molecule has 0 spiro atoms. The minimum atomic E-state index is -4.13. The summed E-state index contributed by atoms with van der Waals surface area (Å²) in [5.41, 5.74) is 6.93. The van der Waals surface area contributed by atoms with Crippen molar-refractivity contribution in [3.05, 3.63) is 34.4 Å². The largest absolute Gasteiger partial charge is 0.389 e. The monoisotopic (exact) mass is 274 g/mol. The smallest absolute Gasteiger partial charge is 0.271 e. The lowest BCUT2D eigenvalue weighted by atomic mass is 9.93. The maximum absolute atomic E-state index is 12.2. The van der Waals surface area contributed by atoms with Crippen LogP contribution in [0.5, 0.6) is 0 Å². The second kappa shape index (κ2) is 6.39. The highest BCUT2D eigenvalue weighted by molar-refractivity contribution is 5.38. The molecule has 0 saturated carbocycles. The summed E-state index contributed by atoms with van der Waals surface area (Å²) in [5, 5.41) is 0. The van der Waals surface area contributed by atoms with E-state index in [4.69, 9.17) is 5.84 Å². The highest BCUT2D eigenvalue weighted by Crippen LogP contribution is 2.24. The number of alkyl halides is 3. The molecule has 0 fully saturated rings. The molecular formula is C14H21F3N2. The van der Waals surface area contributed by atoms with Crippen LogP contribution in [-0.4, -0.2) is 12.2 Å². The Balaban J connectivity index is 2.76. The number of hydrogen-bond acceptors (Lipinski definition) is 2. The molecule has 1 aromatic rings. The van der Waals surface area contributed by atoms with Gasteiger partial charge in [0.25, 0.3) is 0 Å². The molecule has 1 rings (SSSR count). The number of hydrazine groups is 1. The molecule has 0 radical (unpaired) electrons. The van der Waals surface area contributed by atoms with E-state index >= 15 is 0 Å². The summed E-state index contributed by atoms with van der Waals surface area (Å²) in [6.45, 7) is 5.96. The molecule has 19 heavy (non-hydrogen) atoms. The molecule has 0 aliphatic rings. The van der Waals surface area contributed by atoms with Gasteiger partial charge in [0.15, 0.2) is 0 Å². The average Bonchev–Trinajstić information content (AvgIpc) is 2.25. The van der Waals surface area contributed by atoms with Crippen LogP contribution in [-0.2, 0) is 6.42 Å². The molecule has 0 bridgehead atoms. The minimum absolute atomic E-state index is 0.00719. The zero-order valence-corrected chi connectivity index (χ0v) is 11.6. The summed E-state index contributed by atoms with van der Waals surface area (Å²) in [6.07, 6.45) is -4.43. The van der Waals surface area contributed by atoms with Crippen molar-refractivity contribution in [2.45, 2.75) is 52.3 Å². The second-order valence-electron chi connectivity index (χ2n) is 5.10. The second-order valence-corrected chi connectivity index (χ2v) is 5.10. The van der Waals surface area contributed by atoms with E-state index in [1.54, 1.807) is 0 Å². The fourth-order valence-corrected chi connectivity index (χ4v) is 2.36. The van der Waals surface area contributed by atoms with Gasteiger partial charge in [0.05, 0.1) is 0 Å². The maximum atomic E-state index is 12.2. The van der Waals surface area contributed by atoms with Crippen molar-refractivity contribution in [2.24, 2.45) is 5.84 Å². The van der Waals surface area contributed by atoms with Crippen LogP contribution in [0.15, 0.2) is 12.1 Å². The molecule has 1 atom stereocenters. The lowest BCUT2D eigenvalue weighted by Crippen LogP contribution is -2.38. The van der Waals surface area contributed by atoms with E-state index in [0.29, 0.717) is 6.42 Å². The SMILES string of the molecule is Cc1cc(C)c(CC(CCC(F)(F)F)NN)c(C)c1. The summed E-state index contributed by atoms with van der Waals surface area (Å²) in [5.74, 6) is 5.36. The lowest BCUT2D eigenvalue weighted by Gasteiger charge is -2.20. The van der Waals surface area contributed by atoms with Crippen LogP contribution in [0.1, 0.15) is 35.1 Å². The highest BCUT2D eigenvalue weighted by atomic mass is 19.4. The van der Waals surface area contributed by atoms with Crippen LogP contribution in [0.3, 0.4) is 0 Å². The number of halogens is 3. The molecule has 0 amide bonds. The Labute approximate surface area is 112 Å². The van der Waals surface area contributed by atoms with Crippen molar-refractivity contribution >= 4 is 0 Å². The van der Waals surface area contributed by atoms with Crippen molar-refractivity contribution in [2.75, 3.05) is 0 Å². The van der Waals surface area contributed by atoms with Crippen LogP contribution in [0.2, 0.25) is 0 Å². The Kier molecular flexibility index (Phi) is 5.38. The van der Waals surface area contributed by atoms with Gasteiger partial charge in [-0.15, -0.1) is 0 Å². The van der Waals surface area contributed by atoms with Crippen LogP contribution in [0, 0.1) is 20.8 Å². The van der Waals surface area contributed by atoms with E-state index in [2.05, 4.69) is 5.43 Å². The summed E-state index contributed by atoms with van der Waals surface area (Å²) in [4.78, 5) is 0. The number of nitrogens with two attached hydrogens (primary N) is 1. The first-order chi connectivity index (χ1) is 8.73. The van der Waals surface area contributed by atoms with Gasteiger partial charge in [-0.2, -0.15) is 13.2 Å². The van der Waals surface area contributed by atoms with Gasteiger partial charge in [-0.25, -0.2) is 0 Å². The maximum Gasteiger partial charge on any atom is 0.389 e. The van der Waals surface area contributed by atoms with Crippen molar-refractivity contribution in [1.29, 1.82) is 0 Å². The third kappa shape index (κ3) is 5.20. The summed E-state index contributed by atoms with van der Waals surface area (Å²) >= 11 is 0. The Bertz CT molecular complexity index is 404. The van der Waals surface area contributed by atoms with Gasteiger partial charge in [-0.3, -0.25) is 11.3 Å². The summed E-state index contributed by atoms with van der Waals surface area (Å²) in [7, 11) is 0. The minimum Gasteiger partial charge on any atom is -0.271 e. The molecule has 108 valence electrons. The van der Waals surface area contributed by atoms with E-state index in [9.17, 15) is 13.2 Å². The Morgan fingerprint density at radius 3 is 2.11 bits per heavy atom. The standard InChI is InChI=1S/C14H21F3N2/c1-9-6-10(2)13(11(3)7-9)8-12(19-18)4-5-14(15,16)17/h6-7,12,19H,4-5,8,18H2,1-3H3. The number of benzene rings is 1. The molecule has 1 aromatic carbocycles. The predicted octanol–water partition coefficient (Wildman–Crippen LogP) is 3.33. The molecule has 0 aliphatic carbocycles. The molecular weight excluding hydrogens is 253 g/mol. The fraction of sp³-hybridized carbons (Fsp3) is 0.571. The van der Waals surface area contributed by atoms with E-state index in [1.807, 2.05) is 32.9 Å². The van der Waals surface area contributed by atoms with Crippen LogP contribution in [0.4, 0.5) is 13.2 Å². The number of aryl methyl sites for hydroxylation is 3. The van der Waals surface area contributed by atoms with E-state index in [0.717, 1.165) is 22.3 Å². The quantitative estimate of drug-likeness (QED) is 0.638. The number of rotatable bonds is 5. The summed E-state index contributed by atoms with van der Waals surface area (Å²) in [6, 6.07) is 3.72. The van der Waals surface area contributed by atoms with E-state index < -0.39 is 12.6 Å². The lowest BCUT2D eigenvalue weighted by molar-refractivity contribution is -0.136. The van der Waals surface area contributed by atoms with Gasteiger partial charge in [-0.1, -0.05) is 17.7 Å². The van der Waals surface area contributed by atoms with Gasteiger partial charge in [0, 0.05) is 12.5 Å². The van der Waals surface area contributed by atoms with Gasteiger partial charge < -0.3 is 0 Å². The first-order valence-corrected chi connectivity index (χ1v) is 6.32.